The van der Waals surface area contributed by atoms with Crippen LogP contribution in [0.4, 0.5) is 0 Å². The summed E-state index contributed by atoms with van der Waals surface area (Å²) in [6, 6.07) is 0. The molecule has 1 saturated carbocycles. The van der Waals surface area contributed by atoms with Gasteiger partial charge in [-0.25, -0.2) is 0 Å². The van der Waals surface area contributed by atoms with Crippen molar-refractivity contribution in [1.82, 2.24) is 0 Å². The molecule has 11 heavy (non-hydrogen) atoms. The molecule has 0 aromatic heterocycles. The molecule has 1 heteroatoms. The SMILES string of the molecule is CC1C=C2CCCC2=CC1I. The minimum atomic E-state index is 0.740. The lowest BCUT2D eigenvalue weighted by Crippen LogP contribution is -2.10. The van der Waals surface area contributed by atoms with Crippen LogP contribution in [0.5, 0.6) is 0 Å². The molecule has 0 aromatic rings. The third-order valence-corrected chi connectivity index (χ3v) is 4.13. The molecule has 0 aliphatic heterocycles. The Labute approximate surface area is 81.9 Å². The summed E-state index contributed by atoms with van der Waals surface area (Å²) < 4.78 is 0.740. The molecule has 0 saturated heterocycles. The van der Waals surface area contributed by atoms with Crippen LogP contribution in [0.2, 0.25) is 0 Å². The first-order chi connectivity index (χ1) is 5.27. The van der Waals surface area contributed by atoms with Gasteiger partial charge in [-0.3, -0.25) is 0 Å². The van der Waals surface area contributed by atoms with Crippen molar-refractivity contribution in [3.63, 3.8) is 0 Å². The van der Waals surface area contributed by atoms with Crippen LogP contribution in [0.15, 0.2) is 23.3 Å². The maximum absolute atomic E-state index is 2.54. The Kier molecular flexibility index (Phi) is 2.08. The summed E-state index contributed by atoms with van der Waals surface area (Å²) in [5.41, 5.74) is 3.29. The fourth-order valence-electron chi connectivity index (χ4n) is 1.92. The molecule has 0 radical (unpaired) electrons. The molecule has 0 aromatic carbocycles. The van der Waals surface area contributed by atoms with Gasteiger partial charge in [0.1, 0.15) is 0 Å². The summed E-state index contributed by atoms with van der Waals surface area (Å²) >= 11 is 2.54. The number of hydrogen-bond donors (Lipinski definition) is 0. The lowest BCUT2D eigenvalue weighted by Gasteiger charge is -2.19. The highest BCUT2D eigenvalue weighted by molar-refractivity contribution is 14.1. The van der Waals surface area contributed by atoms with Crippen molar-refractivity contribution < 1.29 is 0 Å². The molecule has 2 atom stereocenters. The van der Waals surface area contributed by atoms with Gasteiger partial charge in [0.2, 0.25) is 0 Å². The maximum Gasteiger partial charge on any atom is 0.0355 e. The fourth-order valence-corrected chi connectivity index (χ4v) is 2.57. The van der Waals surface area contributed by atoms with Crippen molar-refractivity contribution in [1.29, 1.82) is 0 Å². The number of alkyl halides is 1. The summed E-state index contributed by atoms with van der Waals surface area (Å²) in [4.78, 5) is 0. The Morgan fingerprint density at radius 1 is 1.27 bits per heavy atom. The van der Waals surface area contributed by atoms with Crippen LogP contribution >= 0.6 is 22.6 Å². The summed E-state index contributed by atoms with van der Waals surface area (Å²) in [5, 5.41) is 0. The lowest BCUT2D eigenvalue weighted by atomic mass is 9.94. The summed E-state index contributed by atoms with van der Waals surface area (Å²) in [5.74, 6) is 0.757. The quantitative estimate of drug-likeness (QED) is 0.462. The first-order valence-electron chi connectivity index (χ1n) is 4.33. The number of rotatable bonds is 0. The smallest absolute Gasteiger partial charge is 0.0355 e. The van der Waals surface area contributed by atoms with Crippen molar-refractivity contribution in [2.45, 2.75) is 30.1 Å². The Hall–Kier alpha value is 0.210. The molecule has 0 spiro atoms. The van der Waals surface area contributed by atoms with E-state index in [0.29, 0.717) is 0 Å². The van der Waals surface area contributed by atoms with Crippen LogP contribution in [0.1, 0.15) is 26.2 Å². The van der Waals surface area contributed by atoms with E-state index >= 15 is 0 Å². The number of fused-ring (bicyclic) bond motifs is 1. The van der Waals surface area contributed by atoms with Gasteiger partial charge in [-0.15, -0.1) is 0 Å². The Morgan fingerprint density at radius 3 is 2.64 bits per heavy atom. The average Bonchev–Trinajstić information content (AvgIpc) is 2.36. The van der Waals surface area contributed by atoms with E-state index in [-0.39, 0.29) is 0 Å². The minimum Gasteiger partial charge on any atom is -0.0774 e. The second kappa shape index (κ2) is 2.92. The summed E-state index contributed by atoms with van der Waals surface area (Å²) in [6.07, 6.45) is 8.98. The third kappa shape index (κ3) is 1.40. The Morgan fingerprint density at radius 2 is 1.91 bits per heavy atom. The molecule has 2 aliphatic carbocycles. The first kappa shape index (κ1) is 7.84. The monoisotopic (exact) mass is 260 g/mol. The van der Waals surface area contributed by atoms with Crippen molar-refractivity contribution >= 4 is 22.6 Å². The predicted octanol–water partition coefficient (Wildman–Crippen LogP) is 3.48. The van der Waals surface area contributed by atoms with Crippen molar-refractivity contribution in [3.05, 3.63) is 23.3 Å². The first-order valence-corrected chi connectivity index (χ1v) is 5.58. The fraction of sp³-hybridized carbons (Fsp3) is 0.600. The topological polar surface area (TPSA) is 0 Å². The lowest BCUT2D eigenvalue weighted by molar-refractivity contribution is 0.756. The molecule has 2 aliphatic rings. The Bertz CT molecular complexity index is 201. The standard InChI is InChI=1S/C10H13I/c1-7-5-8-3-2-4-9(8)6-10(7)11/h5-7,10H,2-4H2,1H3. The Balaban J connectivity index is 2.29. The maximum atomic E-state index is 2.54. The molecule has 60 valence electrons. The summed E-state index contributed by atoms with van der Waals surface area (Å²) in [7, 11) is 0. The van der Waals surface area contributed by atoms with Gasteiger partial charge in [0.05, 0.1) is 0 Å². The van der Waals surface area contributed by atoms with Crippen LogP contribution in [-0.4, -0.2) is 3.92 Å². The van der Waals surface area contributed by atoms with E-state index in [1.807, 2.05) is 0 Å². The molecular formula is C10H13I. The largest absolute Gasteiger partial charge is 0.0774 e. The highest BCUT2D eigenvalue weighted by Crippen LogP contribution is 2.37. The molecule has 0 heterocycles. The molecule has 0 N–H and O–H groups in total. The third-order valence-electron chi connectivity index (χ3n) is 2.63. The van der Waals surface area contributed by atoms with E-state index in [0.717, 1.165) is 9.84 Å². The zero-order valence-corrected chi connectivity index (χ0v) is 8.97. The van der Waals surface area contributed by atoms with E-state index in [1.165, 1.54) is 19.3 Å². The number of hydrogen-bond acceptors (Lipinski definition) is 0. The highest BCUT2D eigenvalue weighted by atomic mass is 127. The number of halogens is 1. The molecule has 2 rings (SSSR count). The van der Waals surface area contributed by atoms with Gasteiger partial charge in [0.25, 0.3) is 0 Å². The van der Waals surface area contributed by atoms with E-state index in [9.17, 15) is 0 Å². The molecular weight excluding hydrogens is 247 g/mol. The van der Waals surface area contributed by atoms with Gasteiger partial charge in [0.15, 0.2) is 0 Å². The van der Waals surface area contributed by atoms with Gasteiger partial charge >= 0.3 is 0 Å². The minimum absolute atomic E-state index is 0.740. The molecule has 0 nitrogen and oxygen atoms in total. The van der Waals surface area contributed by atoms with E-state index in [4.69, 9.17) is 0 Å². The van der Waals surface area contributed by atoms with Crippen LogP contribution in [0.3, 0.4) is 0 Å². The molecule has 2 unspecified atom stereocenters. The normalized spacial score (nSPS) is 36.2. The summed E-state index contributed by atoms with van der Waals surface area (Å²) in [6.45, 7) is 2.32. The van der Waals surface area contributed by atoms with Gasteiger partial charge in [-0.05, 0) is 36.3 Å². The van der Waals surface area contributed by atoms with Crippen LogP contribution in [0.25, 0.3) is 0 Å². The average molecular weight is 260 g/mol. The molecule has 0 bridgehead atoms. The van der Waals surface area contributed by atoms with Gasteiger partial charge in [-0.2, -0.15) is 0 Å². The zero-order valence-electron chi connectivity index (χ0n) is 6.81. The van der Waals surface area contributed by atoms with Gasteiger partial charge in [-0.1, -0.05) is 41.7 Å². The zero-order chi connectivity index (χ0) is 7.84. The van der Waals surface area contributed by atoms with Crippen LogP contribution in [0, 0.1) is 5.92 Å². The second-order valence-corrected chi connectivity index (χ2v) is 4.98. The number of allylic oxidation sites excluding steroid dienone is 4. The van der Waals surface area contributed by atoms with E-state index in [1.54, 1.807) is 11.1 Å². The molecule has 0 amide bonds. The van der Waals surface area contributed by atoms with Crippen LogP contribution < -0.4 is 0 Å². The van der Waals surface area contributed by atoms with Gasteiger partial charge in [0, 0.05) is 3.92 Å². The van der Waals surface area contributed by atoms with E-state index < -0.39 is 0 Å². The highest BCUT2D eigenvalue weighted by Gasteiger charge is 2.22. The van der Waals surface area contributed by atoms with Crippen molar-refractivity contribution in [2.75, 3.05) is 0 Å². The van der Waals surface area contributed by atoms with E-state index in [2.05, 4.69) is 41.7 Å². The van der Waals surface area contributed by atoms with Gasteiger partial charge < -0.3 is 0 Å². The second-order valence-electron chi connectivity index (χ2n) is 3.54. The van der Waals surface area contributed by atoms with Crippen molar-refractivity contribution in [3.8, 4) is 0 Å². The van der Waals surface area contributed by atoms with Crippen LogP contribution in [-0.2, 0) is 0 Å². The van der Waals surface area contributed by atoms with Crippen molar-refractivity contribution in [2.24, 2.45) is 5.92 Å². The molecule has 1 fully saturated rings. The predicted molar refractivity (Wildman–Crippen MR) is 57.0 cm³/mol.